The summed E-state index contributed by atoms with van der Waals surface area (Å²) in [5.41, 5.74) is 10.0. The number of amides is 1. The first kappa shape index (κ1) is 19.9. The van der Waals surface area contributed by atoms with Crippen molar-refractivity contribution < 1.29 is 14.6 Å². The van der Waals surface area contributed by atoms with Crippen molar-refractivity contribution in [3.05, 3.63) is 59.3 Å². The van der Waals surface area contributed by atoms with Gasteiger partial charge in [0, 0.05) is 35.4 Å². The highest BCUT2D eigenvalue weighted by Gasteiger charge is 2.25. The molecule has 3 heterocycles. The topological polar surface area (TPSA) is 117 Å². The summed E-state index contributed by atoms with van der Waals surface area (Å²) >= 11 is 0. The number of ether oxygens (including phenoxy) is 1. The SMILES string of the molecule is Cc1[nH]c2c(C(N)=O)cccc2c1-c1nc2c(c(N(C)c3cccc(O)c3)n1)CCCO2. The highest BCUT2D eigenvalue weighted by molar-refractivity contribution is 6.09. The molecule has 1 amide bonds. The molecule has 162 valence electrons. The summed E-state index contributed by atoms with van der Waals surface area (Å²) in [4.78, 5) is 26.8. The number of fused-ring (bicyclic) bond motifs is 2. The number of aromatic nitrogens is 3. The van der Waals surface area contributed by atoms with Crippen molar-refractivity contribution in [1.29, 1.82) is 0 Å². The minimum absolute atomic E-state index is 0.181. The Kier molecular flexibility index (Phi) is 4.70. The quantitative estimate of drug-likeness (QED) is 0.454. The number of benzene rings is 2. The number of aromatic amines is 1. The predicted molar refractivity (Wildman–Crippen MR) is 123 cm³/mol. The maximum absolute atomic E-state index is 11.9. The fraction of sp³-hybridized carbons (Fsp3) is 0.208. The van der Waals surface area contributed by atoms with Crippen LogP contribution in [0.3, 0.4) is 0 Å². The van der Waals surface area contributed by atoms with Crippen LogP contribution in [-0.4, -0.2) is 39.6 Å². The Morgan fingerprint density at radius 2 is 2.03 bits per heavy atom. The number of nitrogens with one attached hydrogen (secondary N) is 1. The molecule has 0 atom stereocenters. The fourth-order valence-corrected chi connectivity index (χ4v) is 4.26. The van der Waals surface area contributed by atoms with Gasteiger partial charge in [-0.25, -0.2) is 4.98 Å². The number of anilines is 2. The molecule has 8 nitrogen and oxygen atoms in total. The van der Waals surface area contributed by atoms with E-state index in [1.54, 1.807) is 30.3 Å². The van der Waals surface area contributed by atoms with Gasteiger partial charge in [-0.3, -0.25) is 4.79 Å². The number of carbonyl (C=O) groups is 1. The van der Waals surface area contributed by atoms with Crippen LogP contribution in [0, 0.1) is 6.92 Å². The maximum atomic E-state index is 11.9. The zero-order valence-corrected chi connectivity index (χ0v) is 17.8. The Balaban J connectivity index is 1.73. The van der Waals surface area contributed by atoms with E-state index in [1.165, 1.54) is 0 Å². The van der Waals surface area contributed by atoms with Crippen molar-refractivity contribution in [3.8, 4) is 23.0 Å². The summed E-state index contributed by atoms with van der Waals surface area (Å²) in [5, 5.41) is 10.8. The van der Waals surface area contributed by atoms with Gasteiger partial charge in [0.2, 0.25) is 5.88 Å². The molecule has 0 aliphatic carbocycles. The van der Waals surface area contributed by atoms with Gasteiger partial charge in [0.25, 0.3) is 5.91 Å². The lowest BCUT2D eigenvalue weighted by Gasteiger charge is -2.26. The lowest BCUT2D eigenvalue weighted by atomic mass is 10.1. The van der Waals surface area contributed by atoms with Gasteiger partial charge in [-0.05, 0) is 38.0 Å². The molecular weight excluding hydrogens is 406 g/mol. The highest BCUT2D eigenvalue weighted by Crippen LogP contribution is 2.39. The average molecular weight is 429 g/mol. The molecule has 2 aromatic heterocycles. The first-order chi connectivity index (χ1) is 15.4. The summed E-state index contributed by atoms with van der Waals surface area (Å²) in [5.74, 6) is 1.46. The lowest BCUT2D eigenvalue weighted by Crippen LogP contribution is -2.19. The van der Waals surface area contributed by atoms with Crippen LogP contribution in [0.5, 0.6) is 11.6 Å². The fourth-order valence-electron chi connectivity index (χ4n) is 4.26. The van der Waals surface area contributed by atoms with E-state index in [2.05, 4.69) is 4.98 Å². The van der Waals surface area contributed by atoms with Crippen LogP contribution in [0.15, 0.2) is 42.5 Å². The molecule has 0 spiro atoms. The molecule has 0 bridgehead atoms. The highest BCUT2D eigenvalue weighted by atomic mass is 16.5. The van der Waals surface area contributed by atoms with Gasteiger partial charge in [0.1, 0.15) is 11.6 Å². The number of aryl methyl sites for hydroxylation is 1. The molecular formula is C24H23N5O3. The van der Waals surface area contributed by atoms with Gasteiger partial charge in [-0.15, -0.1) is 0 Å². The van der Waals surface area contributed by atoms with Crippen LogP contribution in [0.4, 0.5) is 11.5 Å². The van der Waals surface area contributed by atoms with Gasteiger partial charge in [0.05, 0.1) is 23.3 Å². The monoisotopic (exact) mass is 429 g/mol. The molecule has 32 heavy (non-hydrogen) atoms. The van der Waals surface area contributed by atoms with Crippen LogP contribution in [0.25, 0.3) is 22.3 Å². The Morgan fingerprint density at radius 3 is 2.81 bits per heavy atom. The number of nitrogens with zero attached hydrogens (tertiary/aromatic N) is 3. The number of aromatic hydroxyl groups is 1. The summed E-state index contributed by atoms with van der Waals surface area (Å²) in [7, 11) is 1.91. The minimum Gasteiger partial charge on any atom is -0.508 e. The Morgan fingerprint density at radius 1 is 1.22 bits per heavy atom. The zero-order valence-electron chi connectivity index (χ0n) is 17.8. The largest absolute Gasteiger partial charge is 0.508 e. The smallest absolute Gasteiger partial charge is 0.250 e. The first-order valence-corrected chi connectivity index (χ1v) is 10.4. The third kappa shape index (κ3) is 3.20. The second kappa shape index (κ2) is 7.56. The number of H-pyrrole nitrogens is 1. The molecule has 0 saturated carbocycles. The molecule has 5 rings (SSSR count). The van der Waals surface area contributed by atoms with Crippen molar-refractivity contribution in [2.24, 2.45) is 5.73 Å². The predicted octanol–water partition coefficient (Wildman–Crippen LogP) is 3.83. The van der Waals surface area contributed by atoms with Gasteiger partial charge in [0.15, 0.2) is 5.82 Å². The molecule has 0 unspecified atom stereocenters. The van der Waals surface area contributed by atoms with E-state index in [0.29, 0.717) is 29.4 Å². The van der Waals surface area contributed by atoms with E-state index in [9.17, 15) is 9.90 Å². The number of hydrogen-bond acceptors (Lipinski definition) is 6. The summed E-state index contributed by atoms with van der Waals surface area (Å²) in [6.07, 6.45) is 1.68. The normalized spacial score (nSPS) is 12.9. The van der Waals surface area contributed by atoms with Crippen LogP contribution in [0.1, 0.15) is 28.0 Å². The number of rotatable bonds is 4. The minimum atomic E-state index is -0.498. The number of phenolic OH excluding ortho intramolecular Hbond substituents is 1. The Hall–Kier alpha value is -4.07. The molecule has 1 aliphatic heterocycles. The van der Waals surface area contributed by atoms with Gasteiger partial charge in [-0.1, -0.05) is 18.2 Å². The Bertz CT molecular complexity index is 1360. The number of carbonyl (C=O) groups excluding carboxylic acids is 1. The zero-order chi connectivity index (χ0) is 22.4. The molecule has 0 radical (unpaired) electrons. The van der Waals surface area contributed by atoms with E-state index in [1.807, 2.05) is 31.0 Å². The molecule has 4 N–H and O–H groups in total. The van der Waals surface area contributed by atoms with E-state index in [4.69, 9.17) is 20.4 Å². The van der Waals surface area contributed by atoms with Crippen LogP contribution in [0.2, 0.25) is 0 Å². The van der Waals surface area contributed by atoms with E-state index >= 15 is 0 Å². The Labute approximate surface area is 184 Å². The number of nitrogens with two attached hydrogens (primary N) is 1. The van der Waals surface area contributed by atoms with Crippen LogP contribution < -0.4 is 15.4 Å². The van der Waals surface area contributed by atoms with Crippen molar-refractivity contribution in [2.75, 3.05) is 18.6 Å². The third-order valence-corrected chi connectivity index (χ3v) is 5.80. The van der Waals surface area contributed by atoms with E-state index < -0.39 is 5.91 Å². The number of hydrogen-bond donors (Lipinski definition) is 3. The second-order valence-corrected chi connectivity index (χ2v) is 7.90. The summed E-state index contributed by atoms with van der Waals surface area (Å²) < 4.78 is 5.92. The lowest BCUT2D eigenvalue weighted by molar-refractivity contribution is 0.100. The van der Waals surface area contributed by atoms with Gasteiger partial charge >= 0.3 is 0 Å². The average Bonchev–Trinajstić information content (AvgIpc) is 3.13. The third-order valence-electron chi connectivity index (χ3n) is 5.80. The van der Waals surface area contributed by atoms with Crippen molar-refractivity contribution in [2.45, 2.75) is 19.8 Å². The van der Waals surface area contributed by atoms with Crippen LogP contribution >= 0.6 is 0 Å². The molecule has 0 saturated heterocycles. The second-order valence-electron chi connectivity index (χ2n) is 7.90. The molecule has 0 fully saturated rings. The number of phenols is 1. The van der Waals surface area contributed by atoms with E-state index in [-0.39, 0.29) is 5.75 Å². The summed E-state index contributed by atoms with van der Waals surface area (Å²) in [6, 6.07) is 12.4. The first-order valence-electron chi connectivity index (χ1n) is 10.4. The number of primary amides is 1. The standard InChI is InChI=1S/C24H23N5O3/c1-13-19(16-8-4-9-17(21(25)31)20(16)26-13)22-27-23(18-10-5-11-32-24(18)28-22)29(2)14-6-3-7-15(30)12-14/h3-4,6-9,12,26,30H,5,10-11H2,1-2H3,(H2,25,31). The van der Waals surface area contributed by atoms with Crippen LogP contribution in [-0.2, 0) is 6.42 Å². The van der Waals surface area contributed by atoms with E-state index in [0.717, 1.165) is 46.6 Å². The molecule has 2 aromatic carbocycles. The summed E-state index contributed by atoms with van der Waals surface area (Å²) in [6.45, 7) is 2.51. The van der Waals surface area contributed by atoms with Crippen molar-refractivity contribution >= 4 is 28.3 Å². The molecule has 4 aromatic rings. The molecule has 8 heteroatoms. The van der Waals surface area contributed by atoms with Gasteiger partial charge in [-0.2, -0.15) is 4.98 Å². The maximum Gasteiger partial charge on any atom is 0.250 e. The molecule has 1 aliphatic rings. The van der Waals surface area contributed by atoms with Crippen molar-refractivity contribution in [3.63, 3.8) is 0 Å². The number of para-hydroxylation sites is 1. The van der Waals surface area contributed by atoms with Crippen molar-refractivity contribution in [1.82, 2.24) is 15.0 Å². The van der Waals surface area contributed by atoms with Gasteiger partial charge < -0.3 is 25.5 Å².